The minimum absolute atomic E-state index is 0.350. The van der Waals surface area contributed by atoms with Crippen molar-refractivity contribution in [2.75, 3.05) is 0 Å². The third-order valence-electron chi connectivity index (χ3n) is 0.370. The molecule has 0 rings (SSSR count). The monoisotopic (exact) mass is 103 g/mol. The Morgan fingerprint density at radius 3 is 2.29 bits per heavy atom. The maximum atomic E-state index is 9.84. The molecule has 0 heterocycles. The summed E-state index contributed by atoms with van der Waals surface area (Å²) in [5.41, 5.74) is 9.74. The van der Waals surface area contributed by atoms with Gasteiger partial charge in [-0.3, -0.25) is 0 Å². The number of hydrogen-bond acceptors (Lipinski definition) is 2. The Kier molecular flexibility index (Phi) is 2.15. The molecule has 0 saturated carbocycles. The van der Waals surface area contributed by atoms with E-state index in [4.69, 9.17) is 5.73 Å². The molecule has 0 aliphatic carbocycles. The molecule has 4 heteroatoms. The van der Waals surface area contributed by atoms with E-state index in [0.29, 0.717) is 0 Å². The molecule has 0 aliphatic rings. The molecule has 7 heavy (non-hydrogen) atoms. The molecule has 0 aromatic carbocycles. The molecule has 0 radical (unpaired) electrons. The zero-order valence-corrected chi connectivity index (χ0v) is 4.14. The molecule has 0 bridgehead atoms. The number of rotatable bonds is 1. The Morgan fingerprint density at radius 1 is 1.86 bits per heavy atom. The van der Waals surface area contributed by atoms with Gasteiger partial charge in [-0.2, -0.15) is 0 Å². The Bertz CT molecular complexity index is 70.6. The smallest absolute Gasteiger partial charge is 0.313 e. The fraction of sp³-hybridized carbons (Fsp3) is 0.667. The number of primary amides is 1. The Balaban J connectivity index is 3.13. The average Bonchev–Trinajstić information content (AvgIpc) is 1.27. The SMILES string of the molecule is CC(N)NC(N)=O. The number of carbonyl (C=O) groups excluding carboxylic acids is 1. The highest BCUT2D eigenvalue weighted by Gasteiger charge is 1.91. The maximum absolute atomic E-state index is 9.84. The molecule has 0 fully saturated rings. The molecule has 5 N–H and O–H groups in total. The van der Waals surface area contributed by atoms with E-state index in [1.807, 2.05) is 0 Å². The van der Waals surface area contributed by atoms with Gasteiger partial charge in [0, 0.05) is 0 Å². The first kappa shape index (κ1) is 6.23. The van der Waals surface area contributed by atoms with Gasteiger partial charge in [0.25, 0.3) is 0 Å². The van der Waals surface area contributed by atoms with Crippen LogP contribution in [0.15, 0.2) is 0 Å². The molecule has 0 aromatic rings. The minimum Gasteiger partial charge on any atom is -0.352 e. The first-order chi connectivity index (χ1) is 3.13. The van der Waals surface area contributed by atoms with Crippen molar-refractivity contribution in [3.8, 4) is 0 Å². The molecule has 0 spiro atoms. The highest BCUT2D eigenvalue weighted by Crippen LogP contribution is 1.60. The van der Waals surface area contributed by atoms with Crippen molar-refractivity contribution in [1.82, 2.24) is 5.32 Å². The van der Waals surface area contributed by atoms with E-state index in [1.165, 1.54) is 0 Å². The van der Waals surface area contributed by atoms with E-state index in [9.17, 15) is 4.79 Å². The van der Waals surface area contributed by atoms with Crippen LogP contribution in [0.1, 0.15) is 6.92 Å². The van der Waals surface area contributed by atoms with E-state index in [1.54, 1.807) is 6.92 Å². The van der Waals surface area contributed by atoms with Crippen LogP contribution in [-0.4, -0.2) is 12.2 Å². The van der Waals surface area contributed by atoms with Gasteiger partial charge in [-0.25, -0.2) is 4.79 Å². The minimum atomic E-state index is -0.588. The van der Waals surface area contributed by atoms with Crippen LogP contribution in [-0.2, 0) is 0 Å². The van der Waals surface area contributed by atoms with Gasteiger partial charge in [-0.15, -0.1) is 0 Å². The predicted molar refractivity (Wildman–Crippen MR) is 26.4 cm³/mol. The second kappa shape index (κ2) is 2.41. The normalized spacial score (nSPS) is 12.9. The van der Waals surface area contributed by atoms with Gasteiger partial charge in [0.2, 0.25) is 0 Å². The Hall–Kier alpha value is -0.770. The summed E-state index contributed by atoms with van der Waals surface area (Å²) in [5, 5.41) is 2.22. The van der Waals surface area contributed by atoms with E-state index in [0.717, 1.165) is 0 Å². The molecule has 4 nitrogen and oxygen atoms in total. The van der Waals surface area contributed by atoms with Gasteiger partial charge in [0.1, 0.15) is 0 Å². The number of nitrogens with one attached hydrogen (secondary N) is 1. The van der Waals surface area contributed by atoms with Crippen LogP contribution in [0.25, 0.3) is 0 Å². The summed E-state index contributed by atoms with van der Waals surface area (Å²) < 4.78 is 0. The molecule has 0 saturated heterocycles. The molecule has 0 aliphatic heterocycles. The lowest BCUT2D eigenvalue weighted by Crippen LogP contribution is -2.41. The molecular weight excluding hydrogens is 94.1 g/mol. The van der Waals surface area contributed by atoms with E-state index in [-0.39, 0.29) is 6.17 Å². The lowest BCUT2D eigenvalue weighted by Gasteiger charge is -2.01. The highest BCUT2D eigenvalue weighted by molar-refractivity contribution is 5.71. The summed E-state index contributed by atoms with van der Waals surface area (Å²) in [4.78, 5) is 9.84. The zero-order valence-electron chi connectivity index (χ0n) is 4.14. The number of carbonyl (C=O) groups is 1. The first-order valence-electron chi connectivity index (χ1n) is 1.94. The second-order valence-corrected chi connectivity index (χ2v) is 1.30. The number of urea groups is 1. The zero-order chi connectivity index (χ0) is 5.86. The standard InChI is InChI=1S/C3H9N3O/c1-2(4)6-3(5)7/h2H,4H2,1H3,(H3,5,6,7). The third kappa shape index (κ3) is 5.23. The average molecular weight is 103 g/mol. The fourth-order valence-corrected chi connectivity index (χ4v) is 0.224. The molecular formula is C3H9N3O. The first-order valence-corrected chi connectivity index (χ1v) is 1.94. The topological polar surface area (TPSA) is 81.1 Å². The van der Waals surface area contributed by atoms with E-state index >= 15 is 0 Å². The summed E-state index contributed by atoms with van der Waals surface area (Å²) in [7, 11) is 0. The van der Waals surface area contributed by atoms with Crippen LogP contribution in [0.2, 0.25) is 0 Å². The summed E-state index contributed by atoms with van der Waals surface area (Å²) in [5.74, 6) is 0. The van der Waals surface area contributed by atoms with Crippen molar-refractivity contribution in [2.24, 2.45) is 11.5 Å². The molecule has 1 unspecified atom stereocenters. The summed E-state index contributed by atoms with van der Waals surface area (Å²) in [6, 6.07) is -0.588. The summed E-state index contributed by atoms with van der Waals surface area (Å²) >= 11 is 0. The largest absolute Gasteiger partial charge is 0.352 e. The van der Waals surface area contributed by atoms with Gasteiger partial charge in [0.15, 0.2) is 0 Å². The van der Waals surface area contributed by atoms with Crippen molar-refractivity contribution in [1.29, 1.82) is 0 Å². The quantitative estimate of drug-likeness (QED) is 0.370. The lowest BCUT2D eigenvalue weighted by molar-refractivity contribution is 0.246. The second-order valence-electron chi connectivity index (χ2n) is 1.30. The van der Waals surface area contributed by atoms with Gasteiger partial charge in [-0.1, -0.05) is 0 Å². The highest BCUT2D eigenvalue weighted by atomic mass is 16.2. The van der Waals surface area contributed by atoms with Crippen molar-refractivity contribution in [3.05, 3.63) is 0 Å². The van der Waals surface area contributed by atoms with E-state index < -0.39 is 6.03 Å². The van der Waals surface area contributed by atoms with Crippen molar-refractivity contribution < 1.29 is 4.79 Å². The maximum Gasteiger partial charge on any atom is 0.313 e. The van der Waals surface area contributed by atoms with Gasteiger partial charge < -0.3 is 16.8 Å². The van der Waals surface area contributed by atoms with Crippen LogP contribution in [0.3, 0.4) is 0 Å². The molecule has 42 valence electrons. The van der Waals surface area contributed by atoms with Crippen LogP contribution >= 0.6 is 0 Å². The van der Waals surface area contributed by atoms with Crippen LogP contribution in [0.5, 0.6) is 0 Å². The van der Waals surface area contributed by atoms with Crippen LogP contribution in [0, 0.1) is 0 Å². The number of nitrogens with two attached hydrogens (primary N) is 2. The van der Waals surface area contributed by atoms with Crippen molar-refractivity contribution >= 4 is 6.03 Å². The Labute approximate surface area is 41.9 Å². The third-order valence-corrected chi connectivity index (χ3v) is 0.370. The fourth-order valence-electron chi connectivity index (χ4n) is 0.224. The van der Waals surface area contributed by atoms with Gasteiger partial charge >= 0.3 is 6.03 Å². The number of amides is 2. The summed E-state index contributed by atoms with van der Waals surface area (Å²) in [6.45, 7) is 1.63. The van der Waals surface area contributed by atoms with E-state index in [2.05, 4.69) is 11.1 Å². The van der Waals surface area contributed by atoms with Crippen molar-refractivity contribution in [2.45, 2.75) is 13.1 Å². The van der Waals surface area contributed by atoms with Gasteiger partial charge in [0.05, 0.1) is 6.17 Å². The molecule has 0 aromatic heterocycles. The van der Waals surface area contributed by atoms with Crippen molar-refractivity contribution in [3.63, 3.8) is 0 Å². The predicted octanol–water partition coefficient (Wildman–Crippen LogP) is -1.04. The number of hydrogen-bond donors (Lipinski definition) is 3. The van der Waals surface area contributed by atoms with Crippen LogP contribution < -0.4 is 16.8 Å². The molecule has 1 atom stereocenters. The lowest BCUT2D eigenvalue weighted by atomic mass is 10.6. The van der Waals surface area contributed by atoms with Gasteiger partial charge in [-0.05, 0) is 6.92 Å². The Morgan fingerprint density at radius 2 is 2.29 bits per heavy atom. The summed E-state index contributed by atoms with van der Waals surface area (Å²) in [6.07, 6.45) is -0.350. The molecule has 2 amide bonds. The van der Waals surface area contributed by atoms with Crippen LogP contribution in [0.4, 0.5) is 4.79 Å².